The largest absolute Gasteiger partial charge is 0.478 e. The molecule has 6 heteroatoms. The van der Waals surface area contributed by atoms with E-state index in [4.69, 9.17) is 5.11 Å². The van der Waals surface area contributed by atoms with Crippen LogP contribution in [-0.2, 0) is 0 Å². The zero-order valence-electron chi connectivity index (χ0n) is 9.27. The average molecular weight is 236 g/mol. The maximum atomic E-state index is 10.8. The minimum Gasteiger partial charge on any atom is -0.478 e. The topological polar surface area (TPSA) is 92.5 Å². The van der Waals surface area contributed by atoms with Crippen molar-refractivity contribution in [1.29, 1.82) is 0 Å². The lowest BCUT2D eigenvalue weighted by Crippen LogP contribution is -2.06. The molecule has 1 aromatic carbocycles. The van der Waals surface area contributed by atoms with E-state index in [-0.39, 0.29) is 11.3 Å². The molecule has 0 amide bonds. The minimum atomic E-state index is -1.20. The molecule has 0 spiro atoms. The Morgan fingerprint density at radius 3 is 2.76 bits per heavy atom. The van der Waals surface area contributed by atoms with Gasteiger partial charge in [0.2, 0.25) is 0 Å². The van der Waals surface area contributed by atoms with E-state index in [1.165, 1.54) is 6.07 Å². The van der Waals surface area contributed by atoms with Gasteiger partial charge in [-0.2, -0.15) is 0 Å². The molecule has 0 aliphatic heterocycles. The van der Waals surface area contributed by atoms with Crippen LogP contribution in [0.5, 0.6) is 0 Å². The highest BCUT2D eigenvalue weighted by atomic mass is 16.6. The monoisotopic (exact) mass is 236 g/mol. The number of nitro groups is 1. The van der Waals surface area contributed by atoms with E-state index >= 15 is 0 Å². The number of nitrogens with one attached hydrogen (secondary N) is 1. The number of carboxylic acid groups (broad SMARTS) is 1. The first-order valence-electron chi connectivity index (χ1n) is 4.84. The fraction of sp³-hybridized carbons (Fsp3) is 0.182. The summed E-state index contributed by atoms with van der Waals surface area (Å²) in [4.78, 5) is 21.0. The van der Waals surface area contributed by atoms with Crippen LogP contribution in [0.1, 0.15) is 15.9 Å². The second kappa shape index (κ2) is 5.11. The van der Waals surface area contributed by atoms with E-state index in [0.717, 1.165) is 6.07 Å². The lowest BCUT2D eigenvalue weighted by Gasteiger charge is -2.09. The summed E-state index contributed by atoms with van der Waals surface area (Å²) in [5.74, 6) is -1.20. The third-order valence-electron chi connectivity index (χ3n) is 2.26. The standard InChI is InChI=1S/C11H12N2O4/c1-3-4-12-9-5-8(11(14)15)6-10(7(9)2)13(16)17/h3,5-6,12H,1,4H2,2H3,(H,14,15). The smallest absolute Gasteiger partial charge is 0.336 e. The predicted molar refractivity (Wildman–Crippen MR) is 63.5 cm³/mol. The van der Waals surface area contributed by atoms with Gasteiger partial charge in [0, 0.05) is 23.9 Å². The fourth-order valence-electron chi connectivity index (χ4n) is 1.38. The zero-order valence-corrected chi connectivity index (χ0v) is 9.27. The molecular weight excluding hydrogens is 224 g/mol. The van der Waals surface area contributed by atoms with E-state index in [0.29, 0.717) is 17.8 Å². The van der Waals surface area contributed by atoms with Crippen molar-refractivity contribution >= 4 is 17.3 Å². The van der Waals surface area contributed by atoms with Gasteiger partial charge in [-0.25, -0.2) is 4.79 Å². The summed E-state index contributed by atoms with van der Waals surface area (Å²) in [6, 6.07) is 2.42. The van der Waals surface area contributed by atoms with E-state index in [1.807, 2.05) is 0 Å². The molecule has 0 heterocycles. The molecule has 0 unspecified atom stereocenters. The van der Waals surface area contributed by atoms with Crippen molar-refractivity contribution in [2.45, 2.75) is 6.92 Å². The van der Waals surface area contributed by atoms with Crippen LogP contribution in [0.25, 0.3) is 0 Å². The first kappa shape index (κ1) is 12.7. The highest BCUT2D eigenvalue weighted by molar-refractivity contribution is 5.90. The molecule has 6 nitrogen and oxygen atoms in total. The van der Waals surface area contributed by atoms with Crippen molar-refractivity contribution in [3.05, 3.63) is 46.0 Å². The van der Waals surface area contributed by atoms with Crippen molar-refractivity contribution in [3.8, 4) is 0 Å². The van der Waals surface area contributed by atoms with Gasteiger partial charge in [-0.3, -0.25) is 10.1 Å². The Hall–Kier alpha value is -2.37. The molecule has 0 atom stereocenters. The SMILES string of the molecule is C=CCNc1cc(C(=O)O)cc([N+](=O)[O-])c1C. The van der Waals surface area contributed by atoms with Gasteiger partial charge in [0.1, 0.15) is 0 Å². The third-order valence-corrected chi connectivity index (χ3v) is 2.26. The van der Waals surface area contributed by atoms with Crippen LogP contribution in [-0.4, -0.2) is 22.5 Å². The van der Waals surface area contributed by atoms with Gasteiger partial charge < -0.3 is 10.4 Å². The highest BCUT2D eigenvalue weighted by Crippen LogP contribution is 2.27. The van der Waals surface area contributed by atoms with Crippen molar-refractivity contribution in [3.63, 3.8) is 0 Å². The number of hydrogen-bond donors (Lipinski definition) is 2. The van der Waals surface area contributed by atoms with Gasteiger partial charge in [-0.1, -0.05) is 6.08 Å². The first-order valence-corrected chi connectivity index (χ1v) is 4.84. The van der Waals surface area contributed by atoms with Crippen LogP contribution in [0.15, 0.2) is 24.8 Å². The molecule has 17 heavy (non-hydrogen) atoms. The Morgan fingerprint density at radius 1 is 1.65 bits per heavy atom. The second-order valence-electron chi connectivity index (χ2n) is 3.40. The number of anilines is 1. The van der Waals surface area contributed by atoms with Crippen LogP contribution < -0.4 is 5.32 Å². The van der Waals surface area contributed by atoms with Gasteiger partial charge >= 0.3 is 5.97 Å². The van der Waals surface area contributed by atoms with Crippen molar-refractivity contribution < 1.29 is 14.8 Å². The number of hydrogen-bond acceptors (Lipinski definition) is 4. The molecular formula is C11H12N2O4. The summed E-state index contributed by atoms with van der Waals surface area (Å²) in [6.07, 6.45) is 1.58. The van der Waals surface area contributed by atoms with Crippen LogP contribution in [0, 0.1) is 17.0 Å². The van der Waals surface area contributed by atoms with E-state index < -0.39 is 10.9 Å². The number of benzene rings is 1. The molecule has 0 aliphatic rings. The second-order valence-corrected chi connectivity index (χ2v) is 3.40. The predicted octanol–water partition coefficient (Wildman–Crippen LogP) is 2.20. The summed E-state index contributed by atoms with van der Waals surface area (Å²) in [6.45, 7) is 5.48. The summed E-state index contributed by atoms with van der Waals surface area (Å²) < 4.78 is 0. The number of nitro benzene ring substituents is 1. The Labute approximate surface area is 97.7 Å². The Bertz CT molecular complexity index is 483. The highest BCUT2D eigenvalue weighted by Gasteiger charge is 2.18. The minimum absolute atomic E-state index is 0.117. The van der Waals surface area contributed by atoms with Gasteiger partial charge in [-0.05, 0) is 13.0 Å². The van der Waals surface area contributed by atoms with Gasteiger partial charge in [0.25, 0.3) is 5.69 Å². The molecule has 0 aromatic heterocycles. The Morgan fingerprint density at radius 2 is 2.29 bits per heavy atom. The molecule has 1 aromatic rings. The number of rotatable bonds is 5. The molecule has 0 saturated heterocycles. The Kier molecular flexibility index (Phi) is 3.82. The lowest BCUT2D eigenvalue weighted by molar-refractivity contribution is -0.385. The fourth-order valence-corrected chi connectivity index (χ4v) is 1.38. The number of carboxylic acids is 1. The molecule has 2 N–H and O–H groups in total. The maximum absolute atomic E-state index is 10.8. The number of aromatic carboxylic acids is 1. The van der Waals surface area contributed by atoms with E-state index in [2.05, 4.69) is 11.9 Å². The first-order chi connectivity index (χ1) is 7.97. The zero-order chi connectivity index (χ0) is 13.0. The summed E-state index contributed by atoms with van der Waals surface area (Å²) in [5.41, 5.74) is 0.503. The maximum Gasteiger partial charge on any atom is 0.336 e. The van der Waals surface area contributed by atoms with E-state index in [1.54, 1.807) is 13.0 Å². The third kappa shape index (κ3) is 2.81. The summed E-state index contributed by atoms with van der Waals surface area (Å²) >= 11 is 0. The van der Waals surface area contributed by atoms with Crippen LogP contribution in [0.4, 0.5) is 11.4 Å². The van der Waals surface area contributed by atoms with Crippen LogP contribution in [0.3, 0.4) is 0 Å². The molecule has 90 valence electrons. The van der Waals surface area contributed by atoms with Gasteiger partial charge in [-0.15, -0.1) is 6.58 Å². The summed E-state index contributed by atoms with van der Waals surface area (Å²) in [7, 11) is 0. The average Bonchev–Trinajstić information content (AvgIpc) is 2.26. The van der Waals surface area contributed by atoms with Gasteiger partial charge in [0.15, 0.2) is 0 Å². The van der Waals surface area contributed by atoms with Crippen molar-refractivity contribution in [1.82, 2.24) is 0 Å². The molecule has 0 saturated carbocycles. The van der Waals surface area contributed by atoms with E-state index in [9.17, 15) is 14.9 Å². The molecule has 1 rings (SSSR count). The number of carbonyl (C=O) groups is 1. The lowest BCUT2D eigenvalue weighted by atomic mass is 10.1. The number of nitrogens with zero attached hydrogens (tertiary/aromatic N) is 1. The Balaban J connectivity index is 3.32. The molecule has 0 fully saturated rings. The molecule has 0 aliphatic carbocycles. The molecule has 0 radical (unpaired) electrons. The van der Waals surface area contributed by atoms with Gasteiger partial charge in [0.05, 0.1) is 10.5 Å². The van der Waals surface area contributed by atoms with Crippen molar-refractivity contribution in [2.24, 2.45) is 0 Å². The molecule has 0 bridgehead atoms. The van der Waals surface area contributed by atoms with Crippen LogP contribution in [0.2, 0.25) is 0 Å². The van der Waals surface area contributed by atoms with Crippen molar-refractivity contribution in [2.75, 3.05) is 11.9 Å². The quantitative estimate of drug-likeness (QED) is 0.464. The summed E-state index contributed by atoms with van der Waals surface area (Å²) in [5, 5.41) is 22.5. The normalized spacial score (nSPS) is 9.71. The van der Waals surface area contributed by atoms with Crippen LogP contribution >= 0.6 is 0 Å².